The average Bonchev–Trinajstić information content (AvgIpc) is 2.47. The zero-order chi connectivity index (χ0) is 14.8. The first-order valence-electron chi connectivity index (χ1n) is 6.59. The predicted octanol–water partition coefficient (Wildman–Crippen LogP) is 2.64. The quantitative estimate of drug-likeness (QED) is 0.839. The van der Waals surface area contributed by atoms with Gasteiger partial charge in [-0.25, -0.2) is 0 Å². The molecule has 5 heteroatoms. The zero-order valence-corrected chi connectivity index (χ0v) is 12.5. The number of nitrogens with zero attached hydrogens (tertiary/aromatic N) is 4. The normalized spacial score (nSPS) is 16.6. The summed E-state index contributed by atoms with van der Waals surface area (Å²) in [6, 6.07) is 9.92. The molecule has 0 saturated carbocycles. The molecule has 0 aromatic heterocycles. The maximum absolute atomic E-state index is 9.17. The molecule has 0 bridgehead atoms. The Morgan fingerprint density at radius 3 is 2.30 bits per heavy atom. The Labute approximate surface area is 124 Å². The fourth-order valence-corrected chi connectivity index (χ4v) is 2.60. The Kier molecular flexibility index (Phi) is 4.18. The second-order valence-corrected chi connectivity index (χ2v) is 5.83. The molecule has 4 nitrogen and oxygen atoms in total. The lowest BCUT2D eigenvalue weighted by Crippen LogP contribution is -2.54. The van der Waals surface area contributed by atoms with Gasteiger partial charge in [0.2, 0.25) is 0 Å². The number of benzene rings is 1. The van der Waals surface area contributed by atoms with Crippen molar-refractivity contribution in [2.45, 2.75) is 19.4 Å². The Balaban J connectivity index is 2.07. The van der Waals surface area contributed by atoms with Gasteiger partial charge in [-0.1, -0.05) is 11.6 Å². The number of halogens is 1. The first-order valence-corrected chi connectivity index (χ1v) is 6.96. The molecule has 1 fully saturated rings. The van der Waals surface area contributed by atoms with Crippen molar-refractivity contribution in [1.29, 1.82) is 10.5 Å². The minimum absolute atomic E-state index is 0.422. The summed E-state index contributed by atoms with van der Waals surface area (Å²) < 4.78 is 0. The van der Waals surface area contributed by atoms with Crippen LogP contribution in [0.15, 0.2) is 18.2 Å². The van der Waals surface area contributed by atoms with E-state index in [4.69, 9.17) is 22.1 Å². The highest BCUT2D eigenvalue weighted by Crippen LogP contribution is 2.25. The average molecular weight is 289 g/mol. The molecule has 0 atom stereocenters. The van der Waals surface area contributed by atoms with E-state index in [0.717, 1.165) is 31.9 Å². The smallest absolute Gasteiger partial charge is 0.103 e. The maximum Gasteiger partial charge on any atom is 0.103 e. The van der Waals surface area contributed by atoms with Gasteiger partial charge in [-0.3, -0.25) is 4.90 Å². The monoisotopic (exact) mass is 288 g/mol. The molecule has 0 radical (unpaired) electrons. The van der Waals surface area contributed by atoms with E-state index in [1.54, 1.807) is 6.07 Å². The van der Waals surface area contributed by atoms with E-state index in [1.807, 2.05) is 26.0 Å². The Morgan fingerprint density at radius 1 is 1.15 bits per heavy atom. The number of anilines is 1. The second-order valence-electron chi connectivity index (χ2n) is 5.42. The van der Waals surface area contributed by atoms with Crippen LogP contribution in [0, 0.1) is 22.7 Å². The molecule has 1 saturated heterocycles. The molecule has 0 spiro atoms. The molecule has 2 rings (SSSR count). The molecule has 104 valence electrons. The molecule has 1 heterocycles. The molecule has 0 N–H and O–H groups in total. The molecule has 20 heavy (non-hydrogen) atoms. The highest BCUT2D eigenvalue weighted by Gasteiger charge is 2.29. The fourth-order valence-electron chi connectivity index (χ4n) is 2.39. The molecular weight excluding hydrogens is 272 g/mol. The van der Waals surface area contributed by atoms with E-state index in [1.165, 1.54) is 0 Å². The van der Waals surface area contributed by atoms with E-state index in [2.05, 4.69) is 21.9 Å². The van der Waals surface area contributed by atoms with Crippen molar-refractivity contribution in [2.75, 3.05) is 31.1 Å². The molecule has 1 aliphatic rings. The van der Waals surface area contributed by atoms with Crippen molar-refractivity contribution in [3.05, 3.63) is 28.8 Å². The van der Waals surface area contributed by atoms with Crippen LogP contribution in [0.25, 0.3) is 0 Å². The van der Waals surface area contributed by atoms with Crippen LogP contribution in [-0.4, -0.2) is 36.6 Å². The van der Waals surface area contributed by atoms with Gasteiger partial charge >= 0.3 is 0 Å². The molecule has 0 unspecified atom stereocenters. The minimum Gasteiger partial charge on any atom is -0.369 e. The van der Waals surface area contributed by atoms with Gasteiger partial charge in [-0.15, -0.1) is 0 Å². The number of hydrogen-bond acceptors (Lipinski definition) is 4. The lowest BCUT2D eigenvalue weighted by Gasteiger charge is -2.41. The van der Waals surface area contributed by atoms with Crippen molar-refractivity contribution >= 4 is 17.3 Å². The standard InChI is InChI=1S/C15H17ClN4/c1-15(2,11-18)20-7-5-19(6-8-20)13-4-3-12(10-17)14(16)9-13/h3-4,9H,5-8H2,1-2H3. The summed E-state index contributed by atoms with van der Waals surface area (Å²) in [5, 5.41) is 18.5. The van der Waals surface area contributed by atoms with Crippen LogP contribution in [0.4, 0.5) is 5.69 Å². The predicted molar refractivity (Wildman–Crippen MR) is 79.6 cm³/mol. The zero-order valence-electron chi connectivity index (χ0n) is 11.7. The number of rotatable bonds is 2. The molecule has 0 aliphatic carbocycles. The van der Waals surface area contributed by atoms with Crippen LogP contribution < -0.4 is 4.90 Å². The summed E-state index contributed by atoms with van der Waals surface area (Å²) in [7, 11) is 0. The number of nitriles is 2. The Morgan fingerprint density at radius 2 is 1.80 bits per heavy atom. The van der Waals surface area contributed by atoms with Crippen molar-refractivity contribution in [2.24, 2.45) is 0 Å². The summed E-state index contributed by atoms with van der Waals surface area (Å²) in [5.41, 5.74) is 1.11. The third-order valence-corrected chi connectivity index (χ3v) is 4.09. The van der Waals surface area contributed by atoms with Crippen molar-refractivity contribution in [3.63, 3.8) is 0 Å². The van der Waals surface area contributed by atoms with Crippen molar-refractivity contribution in [3.8, 4) is 12.1 Å². The largest absolute Gasteiger partial charge is 0.369 e. The summed E-state index contributed by atoms with van der Waals surface area (Å²) in [5.74, 6) is 0. The van der Waals surface area contributed by atoms with Crippen LogP contribution in [0.1, 0.15) is 19.4 Å². The van der Waals surface area contributed by atoms with Gasteiger partial charge in [0.05, 0.1) is 16.7 Å². The molecule has 1 aromatic carbocycles. The summed E-state index contributed by atoms with van der Waals surface area (Å²) >= 11 is 6.07. The summed E-state index contributed by atoms with van der Waals surface area (Å²) in [6.45, 7) is 7.29. The van der Waals surface area contributed by atoms with Crippen LogP contribution in [0.5, 0.6) is 0 Å². The minimum atomic E-state index is -0.422. The van der Waals surface area contributed by atoms with E-state index in [9.17, 15) is 0 Å². The summed E-state index contributed by atoms with van der Waals surface area (Å²) in [4.78, 5) is 4.42. The van der Waals surface area contributed by atoms with Gasteiger partial charge in [-0.2, -0.15) is 10.5 Å². The number of piperazine rings is 1. The molecule has 0 amide bonds. The van der Waals surface area contributed by atoms with Crippen molar-refractivity contribution in [1.82, 2.24) is 4.90 Å². The lowest BCUT2D eigenvalue weighted by atomic mass is 10.0. The molecular formula is C15H17ClN4. The molecule has 1 aliphatic heterocycles. The van der Waals surface area contributed by atoms with Crippen LogP contribution in [0.3, 0.4) is 0 Å². The van der Waals surface area contributed by atoms with E-state index in [0.29, 0.717) is 10.6 Å². The van der Waals surface area contributed by atoms with Gasteiger partial charge in [0, 0.05) is 31.9 Å². The van der Waals surface area contributed by atoms with Gasteiger partial charge in [0.15, 0.2) is 0 Å². The van der Waals surface area contributed by atoms with E-state index < -0.39 is 5.54 Å². The Hall–Kier alpha value is -1.75. The molecule has 1 aromatic rings. The van der Waals surface area contributed by atoms with Gasteiger partial charge in [0.1, 0.15) is 11.6 Å². The highest BCUT2D eigenvalue weighted by molar-refractivity contribution is 6.32. The third kappa shape index (κ3) is 2.88. The first kappa shape index (κ1) is 14.7. The summed E-state index contributed by atoms with van der Waals surface area (Å²) in [6.07, 6.45) is 0. The van der Waals surface area contributed by atoms with Gasteiger partial charge in [-0.05, 0) is 32.0 Å². The van der Waals surface area contributed by atoms with Crippen LogP contribution in [0.2, 0.25) is 5.02 Å². The van der Waals surface area contributed by atoms with E-state index >= 15 is 0 Å². The van der Waals surface area contributed by atoms with Gasteiger partial charge in [0.25, 0.3) is 0 Å². The maximum atomic E-state index is 9.17. The van der Waals surface area contributed by atoms with Crippen molar-refractivity contribution < 1.29 is 0 Å². The van der Waals surface area contributed by atoms with Crippen LogP contribution in [-0.2, 0) is 0 Å². The fraction of sp³-hybridized carbons (Fsp3) is 0.467. The second kappa shape index (κ2) is 5.71. The topological polar surface area (TPSA) is 54.1 Å². The third-order valence-electron chi connectivity index (χ3n) is 3.78. The SMILES string of the molecule is CC(C)(C#N)N1CCN(c2ccc(C#N)c(Cl)c2)CC1. The van der Waals surface area contributed by atoms with Gasteiger partial charge < -0.3 is 4.90 Å². The first-order chi connectivity index (χ1) is 9.47. The lowest BCUT2D eigenvalue weighted by molar-refractivity contribution is 0.158. The number of hydrogen-bond donors (Lipinski definition) is 0. The van der Waals surface area contributed by atoms with E-state index in [-0.39, 0.29) is 0 Å². The van der Waals surface area contributed by atoms with Crippen LogP contribution >= 0.6 is 11.6 Å². The Bertz CT molecular complexity index is 575. The highest BCUT2D eigenvalue weighted by atomic mass is 35.5.